The maximum Gasteiger partial charge on any atom is 0.264 e. The van der Waals surface area contributed by atoms with Gasteiger partial charge in [0.2, 0.25) is 11.8 Å². The monoisotopic (exact) mass is 597 g/mol. The van der Waals surface area contributed by atoms with Crippen LogP contribution in [-0.4, -0.2) is 43.8 Å². The molecule has 2 amide bonds. The molecule has 3 rings (SSSR count). The number of benzene rings is 3. The minimum Gasteiger partial charge on any atom is -0.352 e. The fourth-order valence-corrected chi connectivity index (χ4v) is 6.05. The molecule has 0 aliphatic heterocycles. The van der Waals surface area contributed by atoms with Crippen molar-refractivity contribution in [1.29, 1.82) is 0 Å². The molecule has 1 N–H and O–H groups in total. The van der Waals surface area contributed by atoms with Crippen molar-refractivity contribution in [3.8, 4) is 0 Å². The molecule has 0 saturated heterocycles. The summed E-state index contributed by atoms with van der Waals surface area (Å²) in [6, 6.07) is 18.2. The summed E-state index contributed by atoms with van der Waals surface area (Å²) in [5.74, 6) is -0.765. The molecule has 0 saturated carbocycles. The molecular weight excluding hydrogens is 558 g/mol. The van der Waals surface area contributed by atoms with E-state index >= 15 is 0 Å². The van der Waals surface area contributed by atoms with E-state index in [4.69, 9.17) is 11.6 Å². The van der Waals surface area contributed by atoms with Gasteiger partial charge in [-0.3, -0.25) is 13.9 Å². The van der Waals surface area contributed by atoms with E-state index in [0.29, 0.717) is 11.4 Å². The van der Waals surface area contributed by atoms with Gasteiger partial charge in [0.25, 0.3) is 10.0 Å². The normalized spacial score (nSPS) is 12.9. The highest BCUT2D eigenvalue weighted by molar-refractivity contribution is 7.92. The number of carbonyl (C=O) groups excluding carboxylic acids is 2. The van der Waals surface area contributed by atoms with Gasteiger partial charge in [-0.05, 0) is 75.9 Å². The van der Waals surface area contributed by atoms with Gasteiger partial charge in [-0.1, -0.05) is 79.0 Å². The van der Waals surface area contributed by atoms with Crippen LogP contribution in [0, 0.1) is 20.8 Å². The van der Waals surface area contributed by atoms with E-state index in [1.165, 1.54) is 17.0 Å². The summed E-state index contributed by atoms with van der Waals surface area (Å²) in [5, 5.41) is 3.38. The van der Waals surface area contributed by atoms with Crippen molar-refractivity contribution in [3.63, 3.8) is 0 Å². The summed E-state index contributed by atoms with van der Waals surface area (Å²) in [6.45, 7) is 11.0. The summed E-state index contributed by atoms with van der Waals surface area (Å²) < 4.78 is 29.1. The van der Waals surface area contributed by atoms with Crippen LogP contribution in [-0.2, 0) is 26.2 Å². The van der Waals surface area contributed by atoms with Gasteiger partial charge >= 0.3 is 0 Å². The van der Waals surface area contributed by atoms with Crippen molar-refractivity contribution < 1.29 is 18.0 Å². The van der Waals surface area contributed by atoms with Crippen molar-refractivity contribution in [1.82, 2.24) is 10.2 Å². The smallest absolute Gasteiger partial charge is 0.264 e. The van der Waals surface area contributed by atoms with E-state index in [-0.39, 0.29) is 29.1 Å². The van der Waals surface area contributed by atoms with Crippen LogP contribution in [0.4, 0.5) is 5.69 Å². The zero-order valence-corrected chi connectivity index (χ0v) is 26.2. The predicted molar refractivity (Wildman–Crippen MR) is 166 cm³/mol. The number of nitrogens with zero attached hydrogens (tertiary/aromatic N) is 2. The largest absolute Gasteiger partial charge is 0.352 e. The quantitative estimate of drug-likeness (QED) is 0.270. The Morgan fingerprint density at radius 1 is 0.902 bits per heavy atom. The molecule has 0 aliphatic rings. The lowest BCUT2D eigenvalue weighted by atomic mass is 10.1. The lowest BCUT2D eigenvalue weighted by molar-refractivity contribution is -0.140. The van der Waals surface area contributed by atoms with Crippen molar-refractivity contribution in [2.75, 3.05) is 10.8 Å². The molecule has 0 radical (unpaired) electrons. The summed E-state index contributed by atoms with van der Waals surface area (Å²) >= 11 is 6.40. The van der Waals surface area contributed by atoms with Crippen LogP contribution in [0.15, 0.2) is 71.6 Å². The molecule has 2 atom stereocenters. The van der Waals surface area contributed by atoms with Crippen molar-refractivity contribution in [2.45, 2.75) is 77.9 Å². The fourth-order valence-electron chi connectivity index (χ4n) is 4.47. The Morgan fingerprint density at radius 3 is 2.17 bits per heavy atom. The third kappa shape index (κ3) is 8.11. The molecule has 0 fully saturated rings. The highest BCUT2D eigenvalue weighted by atomic mass is 35.5. The van der Waals surface area contributed by atoms with Gasteiger partial charge in [-0.25, -0.2) is 8.42 Å². The predicted octanol–water partition coefficient (Wildman–Crippen LogP) is 6.18. The minimum absolute atomic E-state index is 0.0550. The van der Waals surface area contributed by atoms with Crippen molar-refractivity contribution in [3.05, 3.63) is 94.0 Å². The molecule has 0 aliphatic carbocycles. The Morgan fingerprint density at radius 2 is 1.59 bits per heavy atom. The number of hydrogen-bond donors (Lipinski definition) is 1. The molecule has 41 heavy (non-hydrogen) atoms. The van der Waals surface area contributed by atoms with Gasteiger partial charge in [-0.15, -0.1) is 0 Å². The van der Waals surface area contributed by atoms with Crippen LogP contribution in [0.2, 0.25) is 5.02 Å². The Labute approximate surface area is 249 Å². The van der Waals surface area contributed by atoms with Gasteiger partial charge in [0, 0.05) is 17.6 Å². The number of sulfonamides is 1. The number of anilines is 1. The average Bonchev–Trinajstić information content (AvgIpc) is 2.93. The Bertz CT molecular complexity index is 1470. The number of carbonyl (C=O) groups is 2. The third-order valence-electron chi connectivity index (χ3n) is 7.15. The SMILES string of the molecule is CC[C@@H](C)NC(=O)[C@@H](CC)N(Cc1cccc(C)c1)C(=O)CN(c1ccc(C)c(Cl)c1)S(=O)(=O)c1ccc(C)cc1. The zero-order valence-electron chi connectivity index (χ0n) is 24.6. The standard InChI is InChI=1S/C32H40ClN3O4S/c1-7-25(6)34-32(38)30(8-2)35(20-26-11-9-10-23(4)18-26)31(37)21-36(27-15-14-24(5)29(33)19-27)41(39,40)28-16-12-22(3)13-17-28/h9-19,25,30H,7-8,20-21H2,1-6H3,(H,34,38)/t25-,30-/m1/s1. The van der Waals surface area contributed by atoms with E-state index in [9.17, 15) is 18.0 Å². The molecule has 3 aromatic carbocycles. The first kappa shape index (κ1) is 32.2. The third-order valence-corrected chi connectivity index (χ3v) is 9.35. The van der Waals surface area contributed by atoms with Crippen molar-refractivity contribution in [2.24, 2.45) is 0 Å². The fraction of sp³-hybridized carbons (Fsp3) is 0.375. The van der Waals surface area contributed by atoms with E-state index in [1.54, 1.807) is 30.3 Å². The summed E-state index contributed by atoms with van der Waals surface area (Å²) in [6.07, 6.45) is 1.10. The molecule has 3 aromatic rings. The zero-order chi connectivity index (χ0) is 30.3. The molecule has 9 heteroatoms. The second-order valence-corrected chi connectivity index (χ2v) is 12.8. The number of amides is 2. The molecular formula is C32H40ClN3O4S. The molecule has 0 spiro atoms. The molecule has 0 heterocycles. The highest BCUT2D eigenvalue weighted by Gasteiger charge is 2.34. The van der Waals surface area contributed by atoms with E-state index in [1.807, 2.05) is 65.8 Å². The lowest BCUT2D eigenvalue weighted by Crippen LogP contribution is -2.53. The second-order valence-electron chi connectivity index (χ2n) is 10.5. The maximum absolute atomic E-state index is 14.2. The Balaban J connectivity index is 2.09. The van der Waals surface area contributed by atoms with E-state index in [2.05, 4.69) is 5.32 Å². The molecule has 0 bridgehead atoms. The number of halogens is 1. The molecule has 0 aromatic heterocycles. The number of rotatable bonds is 12. The molecule has 220 valence electrons. The second kappa shape index (κ2) is 14.0. The van der Waals surface area contributed by atoms with Crippen molar-refractivity contribution >= 4 is 39.1 Å². The topological polar surface area (TPSA) is 86.8 Å². The van der Waals surface area contributed by atoms with Crippen LogP contribution in [0.3, 0.4) is 0 Å². The lowest BCUT2D eigenvalue weighted by Gasteiger charge is -2.34. The van der Waals surface area contributed by atoms with Crippen LogP contribution in [0.1, 0.15) is 55.9 Å². The highest BCUT2D eigenvalue weighted by Crippen LogP contribution is 2.29. The summed E-state index contributed by atoms with van der Waals surface area (Å²) in [4.78, 5) is 29.1. The summed E-state index contributed by atoms with van der Waals surface area (Å²) in [5.41, 5.74) is 3.82. The number of hydrogen-bond acceptors (Lipinski definition) is 4. The van der Waals surface area contributed by atoms with Gasteiger partial charge in [-0.2, -0.15) is 0 Å². The molecule has 0 unspecified atom stereocenters. The van der Waals surface area contributed by atoms with Gasteiger partial charge in [0.15, 0.2) is 0 Å². The maximum atomic E-state index is 14.2. The van der Waals surface area contributed by atoms with Crippen LogP contribution >= 0.6 is 11.6 Å². The Hall–Kier alpha value is -3.36. The van der Waals surface area contributed by atoms with Crippen LogP contribution in [0.25, 0.3) is 0 Å². The average molecular weight is 598 g/mol. The first-order chi connectivity index (χ1) is 19.4. The van der Waals surface area contributed by atoms with Gasteiger partial charge in [0.05, 0.1) is 10.6 Å². The van der Waals surface area contributed by atoms with E-state index in [0.717, 1.165) is 33.0 Å². The van der Waals surface area contributed by atoms with E-state index < -0.39 is 28.5 Å². The minimum atomic E-state index is -4.16. The van der Waals surface area contributed by atoms with Gasteiger partial charge in [0.1, 0.15) is 12.6 Å². The first-order valence-electron chi connectivity index (χ1n) is 13.9. The van der Waals surface area contributed by atoms with Gasteiger partial charge < -0.3 is 10.2 Å². The Kier molecular flexibility index (Phi) is 11.0. The number of aryl methyl sites for hydroxylation is 3. The van der Waals surface area contributed by atoms with Crippen LogP contribution < -0.4 is 9.62 Å². The molecule has 7 nitrogen and oxygen atoms in total. The van der Waals surface area contributed by atoms with Crippen LogP contribution in [0.5, 0.6) is 0 Å². The number of nitrogens with one attached hydrogen (secondary N) is 1. The first-order valence-corrected chi connectivity index (χ1v) is 15.7. The summed E-state index contributed by atoms with van der Waals surface area (Å²) in [7, 11) is -4.16.